The van der Waals surface area contributed by atoms with E-state index in [2.05, 4.69) is 19.9 Å². The van der Waals surface area contributed by atoms with Crippen molar-refractivity contribution >= 4 is 43.6 Å². The van der Waals surface area contributed by atoms with Gasteiger partial charge in [0.25, 0.3) is 0 Å². The molecule has 0 amide bonds. The van der Waals surface area contributed by atoms with E-state index >= 15 is 17.6 Å². The molecule has 5 aromatic heterocycles. The van der Waals surface area contributed by atoms with E-state index in [0.717, 1.165) is 90.9 Å². The van der Waals surface area contributed by atoms with Crippen LogP contribution in [0.3, 0.4) is 0 Å². The van der Waals surface area contributed by atoms with Gasteiger partial charge in [0.2, 0.25) is 0 Å². The van der Waals surface area contributed by atoms with E-state index < -0.39 is 23.3 Å². The van der Waals surface area contributed by atoms with Crippen LogP contribution in [0.25, 0.3) is 77.8 Å². The van der Waals surface area contributed by atoms with E-state index in [4.69, 9.17) is 9.47 Å². The second-order valence-electron chi connectivity index (χ2n) is 15.5. The summed E-state index contributed by atoms with van der Waals surface area (Å²) in [5.41, 5.74) is 4.96. The maximum Gasteiger partial charge on any atom is 0.168 e. The van der Waals surface area contributed by atoms with Gasteiger partial charge < -0.3 is 9.47 Å². The van der Waals surface area contributed by atoms with Gasteiger partial charge in [-0.25, -0.2) is 27.5 Å². The van der Waals surface area contributed by atoms with Crippen LogP contribution in [-0.4, -0.2) is 29.1 Å². The van der Waals surface area contributed by atoms with Crippen LogP contribution >= 0.6 is 0 Å². The topological polar surface area (TPSA) is 79.9 Å². The molecule has 8 nitrogen and oxygen atoms in total. The number of nitrogens with zero attached hydrogens (tertiary/aromatic N) is 6. The molecule has 310 valence electrons. The lowest BCUT2D eigenvalue weighted by molar-refractivity contribution is 0.462. The third-order valence-corrected chi connectivity index (χ3v) is 11.2. The molecular formula is C52H32F4N6O2. The summed E-state index contributed by atoms with van der Waals surface area (Å²) < 4.78 is 77.8. The van der Waals surface area contributed by atoms with Crippen LogP contribution in [0.5, 0.6) is 23.0 Å². The van der Waals surface area contributed by atoms with Crippen LogP contribution in [0.1, 0.15) is 11.1 Å². The molecule has 11 rings (SSSR count). The molecule has 0 unspecified atom stereocenters. The third kappa shape index (κ3) is 6.63. The van der Waals surface area contributed by atoms with Crippen molar-refractivity contribution in [2.45, 2.75) is 13.8 Å². The predicted molar refractivity (Wildman–Crippen MR) is 240 cm³/mol. The van der Waals surface area contributed by atoms with Crippen molar-refractivity contribution in [2.75, 3.05) is 0 Å². The first-order valence-electron chi connectivity index (χ1n) is 20.3. The first-order valence-corrected chi connectivity index (χ1v) is 20.3. The molecule has 0 N–H and O–H groups in total. The van der Waals surface area contributed by atoms with Crippen LogP contribution < -0.4 is 9.47 Å². The summed E-state index contributed by atoms with van der Waals surface area (Å²) in [4.78, 5) is 17.8. The van der Waals surface area contributed by atoms with Crippen molar-refractivity contribution in [1.29, 1.82) is 0 Å². The largest absolute Gasteiger partial charge is 0.457 e. The average molecular weight is 849 g/mol. The number of para-hydroxylation sites is 2. The summed E-state index contributed by atoms with van der Waals surface area (Å²) in [7, 11) is 0. The minimum atomic E-state index is -1.18. The highest BCUT2D eigenvalue weighted by Gasteiger charge is 2.21. The van der Waals surface area contributed by atoms with Crippen molar-refractivity contribution in [3.8, 4) is 57.1 Å². The molecule has 0 aliphatic rings. The number of hydrogen-bond acceptors (Lipinski definition) is 6. The monoisotopic (exact) mass is 848 g/mol. The number of aryl methyl sites for hydroxylation is 2. The number of rotatable bonds is 8. The van der Waals surface area contributed by atoms with Gasteiger partial charge in [-0.2, -0.15) is 0 Å². The van der Waals surface area contributed by atoms with Gasteiger partial charge in [-0.3, -0.25) is 19.1 Å². The Morgan fingerprint density at radius 1 is 0.406 bits per heavy atom. The number of hydrogen-bond donors (Lipinski definition) is 0. The van der Waals surface area contributed by atoms with Crippen molar-refractivity contribution < 1.29 is 27.0 Å². The molecule has 64 heavy (non-hydrogen) atoms. The molecule has 0 radical (unpaired) electrons. The Hall–Kier alpha value is -8.38. The number of ether oxygens (including phenoxy) is 2. The summed E-state index contributed by atoms with van der Waals surface area (Å²) >= 11 is 0. The van der Waals surface area contributed by atoms with Gasteiger partial charge in [0.15, 0.2) is 23.3 Å². The highest BCUT2D eigenvalue weighted by molar-refractivity contribution is 6.10. The number of halogens is 4. The summed E-state index contributed by atoms with van der Waals surface area (Å²) in [6, 6.07) is 39.2. The van der Waals surface area contributed by atoms with Crippen LogP contribution in [0.15, 0.2) is 158 Å². The fraction of sp³-hybridized carbons (Fsp3) is 0.0385. The summed E-state index contributed by atoms with van der Waals surface area (Å²) in [5, 5.41) is 3.94. The van der Waals surface area contributed by atoms with E-state index in [9.17, 15) is 0 Å². The molecule has 0 spiro atoms. The highest BCUT2D eigenvalue weighted by atomic mass is 19.2. The lowest BCUT2D eigenvalue weighted by Crippen LogP contribution is -1.99. The minimum Gasteiger partial charge on any atom is -0.457 e. The Bertz CT molecular complexity index is 3420. The number of fused-ring (bicyclic) bond motifs is 6. The van der Waals surface area contributed by atoms with Crippen molar-refractivity contribution in [2.24, 2.45) is 0 Å². The van der Waals surface area contributed by atoms with Gasteiger partial charge in [-0.1, -0.05) is 36.4 Å². The van der Waals surface area contributed by atoms with Gasteiger partial charge >= 0.3 is 0 Å². The Labute approximate surface area is 362 Å². The summed E-state index contributed by atoms with van der Waals surface area (Å²) in [6.45, 7) is 3.98. The van der Waals surface area contributed by atoms with Gasteiger partial charge in [0.05, 0.1) is 45.8 Å². The molecule has 0 aliphatic heterocycles. The molecular weight excluding hydrogens is 817 g/mol. The maximum absolute atomic E-state index is 15.5. The molecule has 0 saturated heterocycles. The Kier molecular flexibility index (Phi) is 9.16. The molecule has 12 heteroatoms. The lowest BCUT2D eigenvalue weighted by Gasteiger charge is -2.12. The molecule has 0 aliphatic carbocycles. The van der Waals surface area contributed by atoms with Crippen molar-refractivity contribution in [1.82, 2.24) is 29.1 Å². The average Bonchev–Trinajstić information content (AvgIpc) is 3.81. The number of pyridine rings is 2. The van der Waals surface area contributed by atoms with E-state index in [-0.39, 0.29) is 34.0 Å². The quantitative estimate of drug-likeness (QED) is 0.142. The second-order valence-corrected chi connectivity index (χ2v) is 15.5. The number of benzene rings is 6. The SMILES string of the molecule is Cc1ccnc(-n2c3ccccc3c3ccc(Oc4cc(F)c(F)c(-c5cnc(-c6cc(Oc7ccc8c9ccccc9n(-c9cc(C)ccn9)c8c7)cc(F)c6F)cn5)c4)cc32)c1. The predicted octanol–water partition coefficient (Wildman–Crippen LogP) is 13.6. The van der Waals surface area contributed by atoms with Gasteiger partial charge in [0.1, 0.15) is 34.6 Å². The van der Waals surface area contributed by atoms with Crippen LogP contribution in [0, 0.1) is 37.1 Å². The lowest BCUT2D eigenvalue weighted by atomic mass is 10.1. The fourth-order valence-electron chi connectivity index (χ4n) is 8.30. The molecule has 5 heterocycles. The Morgan fingerprint density at radius 3 is 1.25 bits per heavy atom. The van der Waals surface area contributed by atoms with E-state index in [1.54, 1.807) is 24.5 Å². The molecule has 0 saturated carbocycles. The van der Waals surface area contributed by atoms with Crippen LogP contribution in [0.4, 0.5) is 17.6 Å². The maximum atomic E-state index is 15.5. The van der Waals surface area contributed by atoms with Crippen LogP contribution in [0.2, 0.25) is 0 Å². The van der Waals surface area contributed by atoms with Crippen molar-refractivity contribution in [3.05, 3.63) is 193 Å². The smallest absolute Gasteiger partial charge is 0.168 e. The zero-order chi connectivity index (χ0) is 43.6. The highest BCUT2D eigenvalue weighted by Crippen LogP contribution is 2.39. The molecule has 6 aromatic carbocycles. The fourth-order valence-corrected chi connectivity index (χ4v) is 8.30. The molecule has 0 bridgehead atoms. The van der Waals surface area contributed by atoms with Gasteiger partial charge in [-0.05, 0) is 97.8 Å². The van der Waals surface area contributed by atoms with E-state index in [1.165, 1.54) is 12.1 Å². The minimum absolute atomic E-state index is 0.00198. The molecule has 0 fully saturated rings. The van der Waals surface area contributed by atoms with E-state index in [0.29, 0.717) is 11.5 Å². The summed E-state index contributed by atoms with van der Waals surface area (Å²) in [6.07, 6.45) is 5.82. The van der Waals surface area contributed by atoms with E-state index in [1.807, 2.05) is 120 Å². The Morgan fingerprint density at radius 2 is 0.828 bits per heavy atom. The molecule has 0 atom stereocenters. The van der Waals surface area contributed by atoms with Crippen molar-refractivity contribution in [3.63, 3.8) is 0 Å². The Balaban J connectivity index is 0.900. The zero-order valence-corrected chi connectivity index (χ0v) is 34.0. The first kappa shape index (κ1) is 38.5. The standard InChI is InChI=1S/C52H32F4N6O2/c1-29-15-17-57-49(19-29)61-45-9-5-3-7-35(45)37-13-11-31(25-47(37)61)63-33-21-39(51(55)41(53)23-33)43-27-60-44(28-59-43)40-22-34(24-42(54)52(40)56)64-32-12-14-38-36-8-4-6-10-46(36)62(48(38)26-32)50-20-30(2)16-18-58-50/h3-28H,1-2H3. The third-order valence-electron chi connectivity index (χ3n) is 11.2. The second kappa shape index (κ2) is 15.2. The van der Waals surface area contributed by atoms with Gasteiger partial charge in [0, 0.05) is 69.3 Å². The van der Waals surface area contributed by atoms with Crippen LogP contribution in [-0.2, 0) is 0 Å². The molecule has 11 aromatic rings. The first-order chi connectivity index (χ1) is 31.2. The normalized spacial score (nSPS) is 11.6. The zero-order valence-electron chi connectivity index (χ0n) is 34.0. The van der Waals surface area contributed by atoms with Gasteiger partial charge in [-0.15, -0.1) is 0 Å². The summed E-state index contributed by atoms with van der Waals surface area (Å²) in [5.74, 6) is -2.54. The number of aromatic nitrogens is 6.